The molecule has 1 aromatic heterocycles. The molecule has 0 bridgehead atoms. The van der Waals surface area contributed by atoms with E-state index in [1.165, 1.54) is 49.1 Å². The standard InChI is InChI=1S/C38H41F3N4O2/c1-5-35-33(36(46)21-42)22-43-45(35)26(3)12-10-11-25(2)31-15-8-9-16-34(38(39,40)41)37(31)47-24-29-18-17-28-23-44(30-13-6-7-14-30)20-19-32(28)27(29)4/h9-12,15-18,22,30H,2,5-8,13-14,19-20,23-24H2,1,3-4H3/b11-10-,26-12+. The molecule has 0 unspecified atom stereocenters. The maximum Gasteiger partial charge on any atom is 0.419 e. The lowest BCUT2D eigenvalue weighted by molar-refractivity contribution is -0.0915. The first-order valence-electron chi connectivity index (χ1n) is 16.2. The Morgan fingerprint density at radius 1 is 1.26 bits per heavy atom. The van der Waals surface area contributed by atoms with Gasteiger partial charge in [-0.15, -0.1) is 0 Å². The first-order valence-corrected chi connectivity index (χ1v) is 16.2. The minimum absolute atomic E-state index is 0.00436. The van der Waals surface area contributed by atoms with Gasteiger partial charge in [-0.05, 0) is 85.9 Å². The van der Waals surface area contributed by atoms with Crippen LogP contribution in [-0.4, -0.2) is 39.2 Å². The zero-order chi connectivity index (χ0) is 33.7. The second-order valence-electron chi connectivity index (χ2n) is 12.3. The van der Waals surface area contributed by atoms with Gasteiger partial charge < -0.3 is 4.74 Å². The Morgan fingerprint density at radius 3 is 2.72 bits per heavy atom. The van der Waals surface area contributed by atoms with Crippen LogP contribution in [0.4, 0.5) is 13.2 Å². The molecule has 1 aromatic carbocycles. The van der Waals surface area contributed by atoms with E-state index in [-0.39, 0.29) is 23.5 Å². The Bertz CT molecular complexity index is 1740. The first-order chi connectivity index (χ1) is 22.5. The van der Waals surface area contributed by atoms with Gasteiger partial charge in [0.2, 0.25) is 0 Å². The summed E-state index contributed by atoms with van der Waals surface area (Å²) < 4.78 is 50.8. The van der Waals surface area contributed by atoms with Crippen molar-refractivity contribution >= 4 is 11.5 Å². The molecule has 3 aliphatic rings. The number of aromatic nitrogens is 2. The maximum atomic E-state index is 14.4. The van der Waals surface area contributed by atoms with E-state index in [0.717, 1.165) is 36.7 Å². The molecule has 9 heteroatoms. The SMILES string of the molecule is C=C(/C=C\C=C(/C)n1ncc(C(=O)C#N)c1CC)C1=CCC=CC(C(F)(F)F)=C1OCc1ccc2c(c1C)CCN(C1CCCC1)C2. The minimum atomic E-state index is -4.63. The van der Waals surface area contributed by atoms with Crippen LogP contribution in [0.2, 0.25) is 0 Å². The van der Waals surface area contributed by atoms with Crippen LogP contribution in [0.3, 0.4) is 0 Å². The number of benzene rings is 1. The van der Waals surface area contributed by atoms with Crippen molar-refractivity contribution in [1.82, 2.24) is 14.7 Å². The number of fused-ring (bicyclic) bond motifs is 1. The zero-order valence-electron chi connectivity index (χ0n) is 27.3. The summed E-state index contributed by atoms with van der Waals surface area (Å²) in [7, 11) is 0. The van der Waals surface area contributed by atoms with Gasteiger partial charge in [-0.1, -0.05) is 62.8 Å². The number of rotatable bonds is 10. The number of hydrogen-bond acceptors (Lipinski definition) is 5. The second kappa shape index (κ2) is 14.6. The summed E-state index contributed by atoms with van der Waals surface area (Å²) in [5, 5.41) is 13.3. The first kappa shape index (κ1) is 33.9. The molecule has 0 saturated heterocycles. The van der Waals surface area contributed by atoms with Crippen LogP contribution in [0.1, 0.15) is 84.3 Å². The van der Waals surface area contributed by atoms with Crippen molar-refractivity contribution in [2.24, 2.45) is 0 Å². The molecule has 1 aliphatic heterocycles. The van der Waals surface area contributed by atoms with E-state index in [2.05, 4.69) is 22.6 Å². The van der Waals surface area contributed by atoms with E-state index < -0.39 is 17.5 Å². The lowest BCUT2D eigenvalue weighted by Gasteiger charge is -2.34. The number of halogens is 3. The number of Topliss-reactive ketones (excluding diaryl/α,β-unsaturated/α-hetero) is 1. The minimum Gasteiger partial charge on any atom is -0.488 e. The van der Waals surface area contributed by atoms with Gasteiger partial charge in [0.1, 0.15) is 18.4 Å². The Balaban J connectivity index is 1.36. The second-order valence-corrected chi connectivity index (χ2v) is 12.3. The van der Waals surface area contributed by atoms with E-state index in [4.69, 9.17) is 10.00 Å². The maximum absolute atomic E-state index is 14.4. The van der Waals surface area contributed by atoms with Crippen molar-refractivity contribution in [1.29, 1.82) is 5.26 Å². The highest BCUT2D eigenvalue weighted by molar-refractivity contribution is 6.08. The van der Waals surface area contributed by atoms with Gasteiger partial charge in [0.25, 0.3) is 5.78 Å². The molecule has 0 amide bonds. The highest BCUT2D eigenvalue weighted by atomic mass is 19.4. The number of alkyl halides is 3. The number of hydrogen-bond donors (Lipinski definition) is 0. The predicted octanol–water partition coefficient (Wildman–Crippen LogP) is 8.65. The van der Waals surface area contributed by atoms with E-state index in [1.807, 2.05) is 19.9 Å². The van der Waals surface area contributed by atoms with Crippen LogP contribution in [-0.2, 0) is 30.7 Å². The summed E-state index contributed by atoms with van der Waals surface area (Å²) in [4.78, 5) is 14.6. The van der Waals surface area contributed by atoms with Crippen LogP contribution in [0.15, 0.2) is 83.8 Å². The van der Waals surface area contributed by atoms with E-state index in [9.17, 15) is 18.0 Å². The van der Waals surface area contributed by atoms with Crippen molar-refractivity contribution < 1.29 is 22.7 Å². The molecule has 0 spiro atoms. The number of ether oxygens (including phenoxy) is 1. The monoisotopic (exact) mass is 642 g/mol. The Kier molecular flexibility index (Phi) is 10.5. The average molecular weight is 643 g/mol. The van der Waals surface area contributed by atoms with Crippen molar-refractivity contribution in [2.45, 2.75) is 91.1 Å². The molecular formula is C38H41F3N4O2. The smallest absolute Gasteiger partial charge is 0.419 e. The van der Waals surface area contributed by atoms with Crippen LogP contribution < -0.4 is 0 Å². The van der Waals surface area contributed by atoms with E-state index in [1.54, 1.807) is 42.0 Å². The number of nitrogens with zero attached hydrogens (tertiary/aromatic N) is 4. The summed E-state index contributed by atoms with van der Waals surface area (Å²) in [5.41, 5.74) is 5.85. The van der Waals surface area contributed by atoms with Crippen LogP contribution in [0, 0.1) is 18.3 Å². The Hall–Kier alpha value is -4.42. The van der Waals surface area contributed by atoms with Crippen LogP contribution in [0.5, 0.6) is 0 Å². The summed E-state index contributed by atoms with van der Waals surface area (Å²) in [6.07, 6.45) is 12.9. The fraction of sp³-hybridized carbons (Fsp3) is 0.395. The molecule has 0 atom stereocenters. The van der Waals surface area contributed by atoms with Crippen molar-refractivity contribution in [3.63, 3.8) is 0 Å². The zero-order valence-corrected chi connectivity index (χ0v) is 27.3. The quantitative estimate of drug-likeness (QED) is 0.147. The van der Waals surface area contributed by atoms with Gasteiger partial charge in [-0.25, -0.2) is 4.68 Å². The fourth-order valence-corrected chi connectivity index (χ4v) is 6.87. The predicted molar refractivity (Wildman–Crippen MR) is 177 cm³/mol. The van der Waals surface area contributed by atoms with Gasteiger partial charge in [-0.2, -0.15) is 23.5 Å². The third kappa shape index (κ3) is 7.44. The number of allylic oxidation sites excluding steroid dienone is 9. The largest absolute Gasteiger partial charge is 0.488 e. The molecule has 1 fully saturated rings. The summed E-state index contributed by atoms with van der Waals surface area (Å²) >= 11 is 0. The van der Waals surface area contributed by atoms with Crippen molar-refractivity contribution in [2.75, 3.05) is 6.54 Å². The molecule has 6 nitrogen and oxygen atoms in total. The fourth-order valence-electron chi connectivity index (χ4n) is 6.87. The van der Waals surface area contributed by atoms with E-state index >= 15 is 0 Å². The number of carbonyl (C=O) groups is 1. The van der Waals surface area contributed by atoms with Gasteiger partial charge in [0.15, 0.2) is 0 Å². The lowest BCUT2D eigenvalue weighted by Crippen LogP contribution is -2.38. The molecule has 47 heavy (non-hydrogen) atoms. The van der Waals surface area contributed by atoms with E-state index in [0.29, 0.717) is 35.8 Å². The average Bonchev–Trinajstić information content (AvgIpc) is 3.70. The number of ketones is 1. The highest BCUT2D eigenvalue weighted by Gasteiger charge is 2.37. The normalized spacial score (nSPS) is 17.9. The number of carbonyl (C=O) groups excluding carboxylic acids is 1. The summed E-state index contributed by atoms with van der Waals surface area (Å²) in [5.74, 6) is -0.902. The van der Waals surface area contributed by atoms with Crippen molar-refractivity contribution in [3.8, 4) is 6.07 Å². The molecule has 2 aromatic rings. The highest BCUT2D eigenvalue weighted by Crippen LogP contribution is 2.38. The Labute approximate surface area is 274 Å². The number of nitriles is 1. The summed E-state index contributed by atoms with van der Waals surface area (Å²) in [6, 6.07) is 6.39. The molecular weight excluding hydrogens is 601 g/mol. The topological polar surface area (TPSA) is 71.1 Å². The van der Waals surface area contributed by atoms with Crippen molar-refractivity contribution in [3.05, 3.63) is 117 Å². The van der Waals surface area contributed by atoms with Gasteiger partial charge in [-0.3, -0.25) is 9.69 Å². The molecule has 1 saturated carbocycles. The summed E-state index contributed by atoms with van der Waals surface area (Å²) in [6.45, 7) is 11.7. The molecule has 246 valence electrons. The molecule has 0 radical (unpaired) electrons. The molecule has 0 N–H and O–H groups in total. The van der Waals surface area contributed by atoms with Crippen LogP contribution in [0.25, 0.3) is 5.70 Å². The lowest BCUT2D eigenvalue weighted by atomic mass is 9.91. The van der Waals surface area contributed by atoms with Gasteiger partial charge in [0.05, 0.1) is 23.0 Å². The molecule has 2 heterocycles. The third-order valence-corrected chi connectivity index (χ3v) is 9.45. The molecule has 5 rings (SSSR count). The Morgan fingerprint density at radius 2 is 2.02 bits per heavy atom. The van der Waals surface area contributed by atoms with Crippen LogP contribution >= 0.6 is 0 Å². The third-order valence-electron chi connectivity index (χ3n) is 9.45. The van der Waals surface area contributed by atoms with Gasteiger partial charge in [0, 0.05) is 30.4 Å². The van der Waals surface area contributed by atoms with Gasteiger partial charge >= 0.3 is 6.18 Å². The molecule has 2 aliphatic carbocycles.